The van der Waals surface area contributed by atoms with Crippen LogP contribution in [0.4, 0.5) is 13.2 Å². The molecule has 0 spiro atoms. The van der Waals surface area contributed by atoms with E-state index >= 15 is 0 Å². The Morgan fingerprint density at radius 1 is 1.36 bits per heavy atom. The largest absolute Gasteiger partial charge is 0.390 e. The van der Waals surface area contributed by atoms with Gasteiger partial charge in [-0.1, -0.05) is 6.07 Å². The van der Waals surface area contributed by atoms with Gasteiger partial charge in [0.2, 0.25) is 0 Å². The number of hydrogen-bond donors (Lipinski definition) is 3. The number of rotatable bonds is 6. The van der Waals surface area contributed by atoms with Crippen LogP contribution in [0.15, 0.2) is 22.5 Å². The van der Waals surface area contributed by atoms with Crippen LogP contribution in [0.3, 0.4) is 0 Å². The zero-order valence-corrected chi connectivity index (χ0v) is 15.6. The molecule has 0 fully saturated rings. The number of nitrogens with zero attached hydrogens (tertiary/aromatic N) is 1. The van der Waals surface area contributed by atoms with Gasteiger partial charge in [-0.25, -0.2) is 4.99 Å². The van der Waals surface area contributed by atoms with Crippen molar-refractivity contribution in [2.24, 2.45) is 4.99 Å². The van der Waals surface area contributed by atoms with E-state index in [1.165, 1.54) is 11.3 Å². The Balaban J connectivity index is 0.00000441. The molecule has 9 heteroatoms. The van der Waals surface area contributed by atoms with Crippen molar-refractivity contribution in [3.05, 3.63) is 22.4 Å². The van der Waals surface area contributed by atoms with E-state index < -0.39 is 18.2 Å². The van der Waals surface area contributed by atoms with Crippen LogP contribution in [0.25, 0.3) is 0 Å². The first kappa shape index (κ1) is 21.4. The van der Waals surface area contributed by atoms with Crippen molar-refractivity contribution in [2.75, 3.05) is 19.6 Å². The van der Waals surface area contributed by atoms with E-state index in [4.69, 9.17) is 0 Å². The molecular weight excluding hydrogens is 430 g/mol. The predicted octanol–water partition coefficient (Wildman–Crippen LogP) is 3.08. The van der Waals surface area contributed by atoms with E-state index in [2.05, 4.69) is 15.6 Å². The average Bonchev–Trinajstić information content (AvgIpc) is 2.89. The zero-order chi connectivity index (χ0) is 15.9. The Morgan fingerprint density at radius 3 is 2.55 bits per heavy atom. The van der Waals surface area contributed by atoms with Gasteiger partial charge >= 0.3 is 6.18 Å². The van der Waals surface area contributed by atoms with Crippen molar-refractivity contribution >= 4 is 41.3 Å². The number of aliphatic hydroxyl groups is 1. The van der Waals surface area contributed by atoms with Crippen molar-refractivity contribution in [1.29, 1.82) is 0 Å². The van der Waals surface area contributed by atoms with Crippen molar-refractivity contribution in [3.63, 3.8) is 0 Å². The number of halogens is 4. The lowest BCUT2D eigenvalue weighted by Crippen LogP contribution is -2.40. The molecule has 0 aliphatic rings. The van der Waals surface area contributed by atoms with Crippen molar-refractivity contribution < 1.29 is 18.3 Å². The number of thiophene rings is 1. The van der Waals surface area contributed by atoms with Crippen LogP contribution >= 0.6 is 35.3 Å². The topological polar surface area (TPSA) is 56.7 Å². The number of aliphatic imine (C=N–C) groups is 1. The Morgan fingerprint density at radius 2 is 2.05 bits per heavy atom. The van der Waals surface area contributed by atoms with E-state index in [1.54, 1.807) is 13.0 Å². The minimum atomic E-state index is -4.20. The molecule has 1 atom stereocenters. The van der Waals surface area contributed by atoms with E-state index in [1.807, 2.05) is 18.4 Å². The average molecular weight is 451 g/mol. The molecule has 0 bridgehead atoms. The van der Waals surface area contributed by atoms with Gasteiger partial charge in [-0.15, -0.1) is 35.3 Å². The fraction of sp³-hybridized carbons (Fsp3) is 0.615. The number of nitrogens with one attached hydrogen (secondary N) is 2. The van der Waals surface area contributed by atoms with Crippen LogP contribution in [0.1, 0.15) is 25.1 Å². The summed E-state index contributed by atoms with van der Waals surface area (Å²) in [7, 11) is 0. The van der Waals surface area contributed by atoms with Gasteiger partial charge in [0.25, 0.3) is 0 Å². The molecule has 0 saturated heterocycles. The summed E-state index contributed by atoms with van der Waals surface area (Å²) in [4.78, 5) is 4.91. The summed E-state index contributed by atoms with van der Waals surface area (Å²) in [5.41, 5.74) is -1.14. The highest BCUT2D eigenvalue weighted by Crippen LogP contribution is 2.25. The van der Waals surface area contributed by atoms with Gasteiger partial charge in [0.15, 0.2) is 5.96 Å². The molecular formula is C13H21F3IN3OS. The summed E-state index contributed by atoms with van der Waals surface area (Å²) in [6.07, 6.45) is -5.13. The maximum atomic E-state index is 12.1. The lowest BCUT2D eigenvalue weighted by atomic mass is 10.1. The van der Waals surface area contributed by atoms with Gasteiger partial charge in [0.1, 0.15) is 5.60 Å². The second kappa shape index (κ2) is 9.56. The second-order valence-corrected chi connectivity index (χ2v) is 5.69. The maximum Gasteiger partial charge on any atom is 0.390 e. The molecule has 1 unspecified atom stereocenters. The molecule has 0 aliphatic carbocycles. The third-order valence-corrected chi connectivity index (χ3v) is 3.77. The van der Waals surface area contributed by atoms with E-state index in [0.29, 0.717) is 6.54 Å². The Kier molecular flexibility index (Phi) is 9.32. The van der Waals surface area contributed by atoms with Crippen molar-refractivity contribution in [2.45, 2.75) is 32.0 Å². The summed E-state index contributed by atoms with van der Waals surface area (Å²) in [6.45, 7) is 3.78. The minimum Gasteiger partial charge on any atom is -0.383 e. The van der Waals surface area contributed by atoms with Gasteiger partial charge in [0, 0.05) is 18.0 Å². The van der Waals surface area contributed by atoms with Crippen LogP contribution in [0, 0.1) is 0 Å². The van der Waals surface area contributed by atoms with E-state index in [0.717, 1.165) is 4.88 Å². The van der Waals surface area contributed by atoms with Crippen LogP contribution in [0.2, 0.25) is 0 Å². The molecule has 0 amide bonds. The third kappa shape index (κ3) is 8.18. The summed E-state index contributed by atoms with van der Waals surface area (Å²) < 4.78 is 36.3. The minimum absolute atomic E-state index is 0. The fourth-order valence-corrected chi connectivity index (χ4v) is 2.34. The summed E-state index contributed by atoms with van der Waals surface area (Å²) in [6, 6.07) is 3.62. The van der Waals surface area contributed by atoms with E-state index in [-0.39, 0.29) is 43.0 Å². The molecule has 4 nitrogen and oxygen atoms in total. The third-order valence-electron chi connectivity index (χ3n) is 2.64. The standard InChI is InChI=1S/C13H20F3N3OS.HI/c1-3-17-11(18-7-6-13(14,15)16)19-9-12(2,20)10-5-4-8-21-10;/h4-5,8,20H,3,6-7,9H2,1-2H3,(H2,17,18,19);1H. The number of guanidine groups is 1. The highest BCUT2D eigenvalue weighted by atomic mass is 127. The Labute approximate surface area is 149 Å². The molecule has 0 radical (unpaired) electrons. The number of alkyl halides is 3. The molecule has 1 rings (SSSR count). The smallest absolute Gasteiger partial charge is 0.383 e. The predicted molar refractivity (Wildman–Crippen MR) is 94.0 cm³/mol. The first-order valence-electron chi connectivity index (χ1n) is 6.60. The first-order valence-corrected chi connectivity index (χ1v) is 7.48. The molecule has 0 aliphatic heterocycles. The van der Waals surface area contributed by atoms with Crippen LogP contribution < -0.4 is 10.6 Å². The highest BCUT2D eigenvalue weighted by Gasteiger charge is 2.27. The Hall–Kier alpha value is -0.550. The Bertz CT molecular complexity index is 450. The SMILES string of the molecule is CCNC(=NCC(C)(O)c1cccs1)NCCC(F)(F)F.I. The summed E-state index contributed by atoms with van der Waals surface area (Å²) >= 11 is 1.41. The van der Waals surface area contributed by atoms with Crippen molar-refractivity contribution in [1.82, 2.24) is 10.6 Å². The lowest BCUT2D eigenvalue weighted by Gasteiger charge is -2.20. The van der Waals surface area contributed by atoms with Gasteiger partial charge in [0.05, 0.1) is 13.0 Å². The fourth-order valence-electron chi connectivity index (χ4n) is 1.56. The summed E-state index contributed by atoms with van der Waals surface area (Å²) in [5.74, 6) is 0.263. The molecule has 1 aromatic heterocycles. The monoisotopic (exact) mass is 451 g/mol. The molecule has 1 aromatic rings. The molecule has 22 heavy (non-hydrogen) atoms. The maximum absolute atomic E-state index is 12.1. The van der Waals surface area contributed by atoms with Gasteiger partial charge < -0.3 is 15.7 Å². The normalized spacial score (nSPS) is 14.9. The van der Waals surface area contributed by atoms with Gasteiger partial charge in [-0.2, -0.15) is 13.2 Å². The van der Waals surface area contributed by atoms with Gasteiger partial charge in [-0.3, -0.25) is 0 Å². The van der Waals surface area contributed by atoms with Crippen LogP contribution in [-0.4, -0.2) is 36.9 Å². The highest BCUT2D eigenvalue weighted by molar-refractivity contribution is 14.0. The molecule has 1 heterocycles. The molecule has 3 N–H and O–H groups in total. The quantitative estimate of drug-likeness (QED) is 0.354. The molecule has 0 aromatic carbocycles. The van der Waals surface area contributed by atoms with E-state index in [9.17, 15) is 18.3 Å². The molecule has 0 saturated carbocycles. The summed E-state index contributed by atoms with van der Waals surface area (Å²) in [5, 5.41) is 17.6. The second-order valence-electron chi connectivity index (χ2n) is 4.74. The lowest BCUT2D eigenvalue weighted by molar-refractivity contribution is -0.132. The molecule has 128 valence electrons. The van der Waals surface area contributed by atoms with Crippen LogP contribution in [0.5, 0.6) is 0 Å². The first-order chi connectivity index (χ1) is 9.74. The van der Waals surface area contributed by atoms with Gasteiger partial charge in [-0.05, 0) is 25.3 Å². The van der Waals surface area contributed by atoms with Crippen LogP contribution in [-0.2, 0) is 5.60 Å². The van der Waals surface area contributed by atoms with Crippen molar-refractivity contribution in [3.8, 4) is 0 Å². The zero-order valence-electron chi connectivity index (χ0n) is 12.4. The number of hydrogen-bond acceptors (Lipinski definition) is 3.